The molecule has 1 rings (SSSR count). The van der Waals surface area contributed by atoms with Gasteiger partial charge in [0, 0.05) is 0 Å². The molecule has 1 atom stereocenters. The summed E-state index contributed by atoms with van der Waals surface area (Å²) in [6.07, 6.45) is 2.10. The van der Waals surface area contributed by atoms with Gasteiger partial charge < -0.3 is 0 Å². The molecule has 4 heteroatoms. The van der Waals surface area contributed by atoms with Gasteiger partial charge in [-0.1, -0.05) is 0 Å². The molecule has 2 nitrogen and oxygen atoms in total. The summed E-state index contributed by atoms with van der Waals surface area (Å²) in [6.45, 7) is 4.90. The summed E-state index contributed by atoms with van der Waals surface area (Å²) in [6, 6.07) is 0.0869. The maximum atomic E-state index is 11.7. The van der Waals surface area contributed by atoms with Crippen molar-refractivity contribution in [2.75, 3.05) is 6.54 Å². The van der Waals surface area contributed by atoms with Gasteiger partial charge in [0.2, 0.25) is 0 Å². The molecule has 0 amide bonds. The van der Waals surface area contributed by atoms with Crippen LogP contribution in [0, 0.1) is 11.7 Å². The number of hydrogen-bond acceptors (Lipinski definition) is 2. The van der Waals surface area contributed by atoms with Crippen LogP contribution in [0.5, 0.6) is 0 Å². The van der Waals surface area contributed by atoms with Crippen LogP contribution >= 0.6 is 15.8 Å². The summed E-state index contributed by atoms with van der Waals surface area (Å²) in [5.74, 6) is 3.61. The molecule has 0 bridgehead atoms. The van der Waals surface area contributed by atoms with Crippen molar-refractivity contribution < 1.29 is 4.79 Å². The Labute approximate surface area is 82.8 Å². The Hall–Kier alpha value is 0.140. The van der Waals surface area contributed by atoms with Crippen molar-refractivity contribution in [1.82, 2.24) is 4.90 Å². The number of rotatable bonds is 2. The van der Waals surface area contributed by atoms with E-state index in [1.54, 1.807) is 0 Å². The first-order chi connectivity index (χ1) is 6.16. The zero-order valence-corrected chi connectivity index (χ0v) is 9.97. The molecular weight excluding hydrogens is 200 g/mol. The number of Topliss-reactive ketones (excluding diaryl/α,β-unsaturated/α-hetero) is 1. The third-order valence-corrected chi connectivity index (χ3v) is 2.99. The monoisotopic (exact) mass is 215 g/mol. The Morgan fingerprint density at radius 1 is 1.69 bits per heavy atom. The molecular formula is C9H15NOP2. The van der Waals surface area contributed by atoms with E-state index in [4.69, 9.17) is 0 Å². The first-order valence-corrected chi connectivity index (χ1v) is 6.83. The Morgan fingerprint density at radius 3 is 2.92 bits per heavy atom. The van der Waals surface area contributed by atoms with E-state index in [0.29, 0.717) is 5.78 Å². The zero-order chi connectivity index (χ0) is 9.84. The Bertz CT molecular complexity index is 294. The first-order valence-electron chi connectivity index (χ1n) is 4.59. The molecule has 1 aliphatic heterocycles. The van der Waals surface area contributed by atoms with Crippen molar-refractivity contribution in [3.8, 4) is 5.75 Å². The molecule has 0 aliphatic carbocycles. The van der Waals surface area contributed by atoms with E-state index in [2.05, 4.69) is 14.3 Å². The molecule has 72 valence electrons. The molecule has 1 saturated heterocycles. The van der Waals surface area contributed by atoms with Crippen molar-refractivity contribution >= 4 is 21.6 Å². The fourth-order valence-corrected chi connectivity index (χ4v) is 2.38. The Balaban J connectivity index is 2.72. The van der Waals surface area contributed by atoms with Gasteiger partial charge in [-0.25, -0.2) is 0 Å². The van der Waals surface area contributed by atoms with Crippen LogP contribution in [0.4, 0.5) is 0 Å². The average Bonchev–Trinajstić information content (AvgIpc) is 2.52. The topological polar surface area (TPSA) is 20.3 Å². The second kappa shape index (κ2) is 5.13. The minimum absolute atomic E-state index is 0.0869. The fourth-order valence-electron chi connectivity index (χ4n) is 1.63. The molecule has 0 saturated carbocycles. The zero-order valence-electron chi connectivity index (χ0n) is 8.08. The normalized spacial score (nSPS) is 23.2. The summed E-state index contributed by atoms with van der Waals surface area (Å²) in [5.41, 5.74) is 0. The third kappa shape index (κ3) is 2.79. The van der Waals surface area contributed by atoms with E-state index < -0.39 is 0 Å². The van der Waals surface area contributed by atoms with Gasteiger partial charge in [0.1, 0.15) is 0 Å². The van der Waals surface area contributed by atoms with Crippen LogP contribution < -0.4 is 0 Å². The van der Waals surface area contributed by atoms with Gasteiger partial charge in [-0.3, -0.25) is 0 Å². The Kier molecular flexibility index (Phi) is 4.42. The molecule has 13 heavy (non-hydrogen) atoms. The summed E-state index contributed by atoms with van der Waals surface area (Å²) >= 11 is 0. The number of likely N-dealkylation sites (tertiary alicyclic amines) is 1. The minimum atomic E-state index is 0.0869. The molecule has 0 aromatic heterocycles. The van der Waals surface area contributed by atoms with Crippen LogP contribution in [0.2, 0.25) is 0 Å². The molecule has 0 N–H and O–H groups in total. The molecule has 0 aromatic rings. The third-order valence-electron chi connectivity index (χ3n) is 2.33. The molecule has 1 heterocycles. The van der Waals surface area contributed by atoms with E-state index >= 15 is 0 Å². The predicted octanol–water partition coefficient (Wildman–Crippen LogP) is 2.60. The molecule has 1 unspecified atom stereocenters. The van der Waals surface area contributed by atoms with Crippen LogP contribution in [-0.2, 0) is 4.79 Å². The van der Waals surface area contributed by atoms with Gasteiger partial charge in [-0.05, 0) is 0 Å². The quantitative estimate of drug-likeness (QED) is 0.660. The van der Waals surface area contributed by atoms with Gasteiger partial charge in [0.15, 0.2) is 0 Å². The van der Waals surface area contributed by atoms with Crippen LogP contribution in [0.15, 0.2) is 0 Å². The average molecular weight is 215 g/mol. The molecule has 1 aliphatic rings. The number of ketones is 1. The summed E-state index contributed by atoms with van der Waals surface area (Å²) < 4.78 is 0. The van der Waals surface area contributed by atoms with E-state index in [0.717, 1.165) is 26.7 Å². The van der Waals surface area contributed by atoms with E-state index in [1.807, 2.05) is 18.7 Å². The van der Waals surface area contributed by atoms with Gasteiger partial charge in [-0.15, -0.1) is 0 Å². The van der Waals surface area contributed by atoms with Gasteiger partial charge in [-0.2, -0.15) is 0 Å². The maximum absolute atomic E-state index is 11.7. The Morgan fingerprint density at radius 2 is 2.38 bits per heavy atom. The van der Waals surface area contributed by atoms with Crippen LogP contribution in [0.25, 0.3) is 0 Å². The number of carbonyl (C=O) groups is 1. The number of nitrogens with zero attached hydrogens (tertiary/aromatic N) is 1. The second-order valence-corrected chi connectivity index (χ2v) is 4.71. The molecule has 1 fully saturated rings. The van der Waals surface area contributed by atoms with Gasteiger partial charge >= 0.3 is 82.3 Å². The summed E-state index contributed by atoms with van der Waals surface area (Å²) in [4.78, 5) is 13.8. The van der Waals surface area contributed by atoms with E-state index in [9.17, 15) is 4.79 Å². The summed E-state index contributed by atoms with van der Waals surface area (Å²) in [7, 11) is 4.25. The van der Waals surface area contributed by atoms with E-state index in [1.165, 1.54) is 0 Å². The van der Waals surface area contributed by atoms with Crippen molar-refractivity contribution in [1.29, 1.82) is 0 Å². The SMILES string of the molecule is CC(C)C(=O)C1CCCN1C#P=P. The van der Waals surface area contributed by atoms with Crippen molar-refractivity contribution in [3.63, 3.8) is 0 Å². The van der Waals surface area contributed by atoms with Crippen molar-refractivity contribution in [3.05, 3.63) is 0 Å². The van der Waals surface area contributed by atoms with Gasteiger partial charge in [0.25, 0.3) is 0 Å². The summed E-state index contributed by atoms with van der Waals surface area (Å²) in [5, 5.41) is 0. The second-order valence-electron chi connectivity index (χ2n) is 3.62. The van der Waals surface area contributed by atoms with Crippen molar-refractivity contribution in [2.24, 2.45) is 5.92 Å². The molecule has 0 aromatic carbocycles. The number of carbonyl (C=O) groups excluding carboxylic acids is 1. The van der Waals surface area contributed by atoms with Gasteiger partial charge in [0.05, 0.1) is 0 Å². The standard InChI is InChI=1S/C9H15NOP2/c1-7(2)9(11)8-4-3-5-10(8)6-13-12/h7-8,12H,3-5H2,1-2H3. The first kappa shape index (κ1) is 11.2. The molecule has 0 spiro atoms. The van der Waals surface area contributed by atoms with Crippen LogP contribution in [0.1, 0.15) is 26.7 Å². The van der Waals surface area contributed by atoms with Crippen molar-refractivity contribution in [2.45, 2.75) is 32.7 Å². The van der Waals surface area contributed by atoms with E-state index in [-0.39, 0.29) is 12.0 Å². The molecule has 0 radical (unpaired) electrons. The number of hydrogen-bond donors (Lipinski definition) is 0. The van der Waals surface area contributed by atoms with Crippen LogP contribution in [0.3, 0.4) is 0 Å². The predicted molar refractivity (Wildman–Crippen MR) is 58.7 cm³/mol. The van der Waals surface area contributed by atoms with Crippen LogP contribution in [-0.4, -0.2) is 23.3 Å². The fraction of sp³-hybridized carbons (Fsp3) is 0.778.